The first-order valence-electron chi connectivity index (χ1n) is 8.87. The summed E-state index contributed by atoms with van der Waals surface area (Å²) in [7, 11) is 0. The molecule has 7 heteroatoms. The van der Waals surface area contributed by atoms with E-state index < -0.39 is 17.8 Å². The van der Waals surface area contributed by atoms with E-state index in [1.807, 2.05) is 6.07 Å². The van der Waals surface area contributed by atoms with Gasteiger partial charge in [0.15, 0.2) is 12.4 Å². The number of hydrogen-bond acceptors (Lipinski definition) is 5. The molecule has 3 rings (SSSR count). The van der Waals surface area contributed by atoms with Gasteiger partial charge >= 0.3 is 5.97 Å². The standard InChI is InChI=1S/C21H20N2O5/c1-14-7-5-6-10-17(14)20(26)22-23-12-16(11-19(23)25)21(27)28-13-18(24)15-8-3-2-4-9-15/h2-10,16H,11-13H2,1H3,(H,22,26)/t16-/m0/s1. The van der Waals surface area contributed by atoms with E-state index in [0.29, 0.717) is 11.1 Å². The van der Waals surface area contributed by atoms with Gasteiger partial charge < -0.3 is 4.74 Å². The Morgan fingerprint density at radius 3 is 2.46 bits per heavy atom. The SMILES string of the molecule is Cc1ccccc1C(=O)NN1C[C@@H](C(=O)OCC(=O)c2ccccc2)CC1=O. The second kappa shape index (κ2) is 8.47. The van der Waals surface area contributed by atoms with E-state index in [0.717, 1.165) is 10.6 Å². The number of ketones is 1. The maximum atomic E-state index is 12.3. The number of carbonyl (C=O) groups excluding carboxylic acids is 4. The number of hydrazine groups is 1. The number of ether oxygens (including phenoxy) is 1. The van der Waals surface area contributed by atoms with Crippen molar-refractivity contribution in [2.24, 2.45) is 5.92 Å². The molecule has 0 bridgehead atoms. The molecule has 0 spiro atoms. The van der Waals surface area contributed by atoms with E-state index in [1.54, 1.807) is 55.5 Å². The minimum atomic E-state index is -0.728. The molecule has 1 aliphatic heterocycles. The maximum absolute atomic E-state index is 12.3. The van der Waals surface area contributed by atoms with E-state index in [9.17, 15) is 19.2 Å². The Morgan fingerprint density at radius 2 is 1.75 bits per heavy atom. The number of nitrogens with one attached hydrogen (secondary N) is 1. The molecule has 7 nitrogen and oxygen atoms in total. The Balaban J connectivity index is 1.53. The van der Waals surface area contributed by atoms with Crippen molar-refractivity contribution < 1.29 is 23.9 Å². The molecule has 1 saturated heterocycles. The highest BCUT2D eigenvalue weighted by Crippen LogP contribution is 2.18. The normalized spacial score (nSPS) is 16.0. The number of rotatable bonds is 6. The first-order chi connectivity index (χ1) is 13.5. The van der Waals surface area contributed by atoms with Gasteiger partial charge in [-0.15, -0.1) is 0 Å². The van der Waals surface area contributed by atoms with Gasteiger partial charge in [-0.25, -0.2) is 0 Å². The summed E-state index contributed by atoms with van der Waals surface area (Å²) in [5.41, 5.74) is 4.21. The second-order valence-electron chi connectivity index (χ2n) is 6.56. The number of hydrogen-bond donors (Lipinski definition) is 1. The molecule has 0 aliphatic carbocycles. The van der Waals surface area contributed by atoms with Crippen LogP contribution in [0.1, 0.15) is 32.7 Å². The first-order valence-corrected chi connectivity index (χ1v) is 8.87. The average Bonchev–Trinajstić information content (AvgIpc) is 3.07. The third-order valence-corrected chi connectivity index (χ3v) is 4.53. The van der Waals surface area contributed by atoms with Crippen LogP contribution >= 0.6 is 0 Å². The number of esters is 1. The minimum Gasteiger partial charge on any atom is -0.457 e. The minimum absolute atomic E-state index is 0.00875. The zero-order valence-corrected chi connectivity index (χ0v) is 15.4. The Bertz CT molecular complexity index is 910. The molecular weight excluding hydrogens is 360 g/mol. The van der Waals surface area contributed by atoms with Crippen LogP contribution in [0.5, 0.6) is 0 Å². The van der Waals surface area contributed by atoms with Crippen molar-refractivity contribution in [3.63, 3.8) is 0 Å². The van der Waals surface area contributed by atoms with Crippen LogP contribution < -0.4 is 5.43 Å². The number of benzene rings is 2. The molecular formula is C21H20N2O5. The highest BCUT2D eigenvalue weighted by atomic mass is 16.5. The quantitative estimate of drug-likeness (QED) is 0.610. The largest absolute Gasteiger partial charge is 0.457 e. The van der Waals surface area contributed by atoms with Crippen LogP contribution in [0, 0.1) is 12.8 Å². The van der Waals surface area contributed by atoms with Gasteiger partial charge in [-0.1, -0.05) is 48.5 Å². The van der Waals surface area contributed by atoms with Crippen LogP contribution in [0.25, 0.3) is 0 Å². The zero-order chi connectivity index (χ0) is 20.1. The lowest BCUT2D eigenvalue weighted by Gasteiger charge is -2.18. The van der Waals surface area contributed by atoms with Crippen molar-refractivity contribution in [3.05, 3.63) is 71.3 Å². The highest BCUT2D eigenvalue weighted by Gasteiger charge is 2.36. The monoisotopic (exact) mass is 380 g/mol. The van der Waals surface area contributed by atoms with E-state index >= 15 is 0 Å². The topological polar surface area (TPSA) is 92.8 Å². The summed E-state index contributed by atoms with van der Waals surface area (Å²) >= 11 is 0. The molecule has 2 aromatic carbocycles. The molecule has 0 saturated carbocycles. The third-order valence-electron chi connectivity index (χ3n) is 4.53. The highest BCUT2D eigenvalue weighted by molar-refractivity contribution is 5.99. The molecule has 0 aromatic heterocycles. The summed E-state index contributed by atoms with van der Waals surface area (Å²) in [6, 6.07) is 15.5. The van der Waals surface area contributed by atoms with Crippen molar-refractivity contribution in [2.45, 2.75) is 13.3 Å². The molecule has 1 heterocycles. The molecule has 0 radical (unpaired) electrons. The van der Waals surface area contributed by atoms with Gasteiger partial charge in [-0.2, -0.15) is 0 Å². The molecule has 0 unspecified atom stereocenters. The number of amides is 2. The third kappa shape index (κ3) is 4.43. The lowest BCUT2D eigenvalue weighted by Crippen LogP contribution is -2.43. The molecule has 2 amide bonds. The van der Waals surface area contributed by atoms with Gasteiger partial charge in [0.05, 0.1) is 12.5 Å². The molecule has 1 atom stereocenters. The summed E-state index contributed by atoms with van der Waals surface area (Å²) < 4.78 is 5.07. The first kappa shape index (κ1) is 19.3. The van der Waals surface area contributed by atoms with Gasteiger partial charge in [-0.3, -0.25) is 29.6 Å². The predicted molar refractivity (Wildman–Crippen MR) is 100 cm³/mol. The van der Waals surface area contributed by atoms with Crippen molar-refractivity contribution in [2.75, 3.05) is 13.2 Å². The lowest BCUT2D eigenvalue weighted by molar-refractivity contribution is -0.147. The number of carbonyl (C=O) groups is 4. The Kier molecular flexibility index (Phi) is 5.84. The number of aryl methyl sites for hydroxylation is 1. The smallest absolute Gasteiger partial charge is 0.311 e. The van der Waals surface area contributed by atoms with Crippen LogP contribution in [-0.2, 0) is 14.3 Å². The van der Waals surface area contributed by atoms with Gasteiger partial charge in [0.25, 0.3) is 5.91 Å². The fourth-order valence-electron chi connectivity index (χ4n) is 2.95. The van der Waals surface area contributed by atoms with Crippen LogP contribution in [0.2, 0.25) is 0 Å². The van der Waals surface area contributed by atoms with E-state index in [1.165, 1.54) is 0 Å². The van der Waals surface area contributed by atoms with E-state index in [4.69, 9.17) is 4.74 Å². The van der Waals surface area contributed by atoms with Crippen molar-refractivity contribution in [1.29, 1.82) is 0 Å². The molecule has 2 aromatic rings. The fourth-order valence-corrected chi connectivity index (χ4v) is 2.95. The van der Waals surface area contributed by atoms with Crippen LogP contribution in [0.3, 0.4) is 0 Å². The van der Waals surface area contributed by atoms with Crippen molar-refractivity contribution in [1.82, 2.24) is 10.4 Å². The summed E-state index contributed by atoms with van der Waals surface area (Å²) in [6.45, 7) is 1.42. The zero-order valence-electron chi connectivity index (χ0n) is 15.4. The number of nitrogens with zero attached hydrogens (tertiary/aromatic N) is 1. The molecule has 144 valence electrons. The van der Waals surface area contributed by atoms with Gasteiger partial charge in [0.1, 0.15) is 0 Å². The van der Waals surface area contributed by atoms with Gasteiger partial charge in [0.2, 0.25) is 5.91 Å². The Hall–Kier alpha value is -3.48. The van der Waals surface area contributed by atoms with Crippen LogP contribution in [-0.4, -0.2) is 41.7 Å². The summed E-state index contributed by atoms with van der Waals surface area (Å²) in [5, 5.41) is 1.12. The van der Waals surface area contributed by atoms with Gasteiger partial charge in [-0.05, 0) is 18.6 Å². The van der Waals surface area contributed by atoms with Crippen LogP contribution in [0.4, 0.5) is 0 Å². The summed E-state index contributed by atoms with van der Waals surface area (Å²) in [5.74, 6) is -2.47. The number of Topliss-reactive ketones (excluding diaryl/α,β-unsaturated/α-hetero) is 1. The predicted octanol–water partition coefficient (Wildman–Crippen LogP) is 1.91. The van der Waals surface area contributed by atoms with Crippen molar-refractivity contribution >= 4 is 23.6 Å². The molecule has 1 N–H and O–H groups in total. The van der Waals surface area contributed by atoms with E-state index in [2.05, 4.69) is 5.43 Å². The van der Waals surface area contributed by atoms with Gasteiger partial charge in [0, 0.05) is 17.5 Å². The fraction of sp³-hybridized carbons (Fsp3) is 0.238. The van der Waals surface area contributed by atoms with Crippen molar-refractivity contribution in [3.8, 4) is 0 Å². The molecule has 28 heavy (non-hydrogen) atoms. The second-order valence-corrected chi connectivity index (χ2v) is 6.56. The summed E-state index contributed by atoms with van der Waals surface area (Å²) in [6.07, 6.45) is -0.0770. The maximum Gasteiger partial charge on any atom is 0.311 e. The molecule has 1 aliphatic rings. The molecule has 1 fully saturated rings. The van der Waals surface area contributed by atoms with Crippen LogP contribution in [0.15, 0.2) is 54.6 Å². The lowest BCUT2D eigenvalue weighted by atomic mass is 10.1. The Labute approximate surface area is 162 Å². The van der Waals surface area contributed by atoms with E-state index in [-0.39, 0.29) is 31.3 Å². The average molecular weight is 380 g/mol. The summed E-state index contributed by atoms with van der Waals surface area (Å²) in [4.78, 5) is 48.7. The Morgan fingerprint density at radius 1 is 1.07 bits per heavy atom.